The predicted molar refractivity (Wildman–Crippen MR) is 187 cm³/mol. The van der Waals surface area contributed by atoms with Crippen LogP contribution in [0, 0.1) is 31.3 Å². The third kappa shape index (κ3) is 8.48. The van der Waals surface area contributed by atoms with E-state index in [4.69, 9.17) is 9.47 Å². The fourth-order valence-corrected chi connectivity index (χ4v) is 6.15. The van der Waals surface area contributed by atoms with Crippen LogP contribution in [0.5, 0.6) is 0 Å². The molecule has 5 aromatic rings. The van der Waals surface area contributed by atoms with Gasteiger partial charge in [-0.05, 0) is 96.8 Å². The largest absolute Gasteiger partial charge is 0.459 e. The third-order valence-electron chi connectivity index (χ3n) is 7.57. The summed E-state index contributed by atoms with van der Waals surface area (Å²) in [5, 5.41) is 5.12. The number of hydrogen-bond donors (Lipinski definition) is 1. The van der Waals surface area contributed by atoms with Crippen LogP contribution in [0.3, 0.4) is 0 Å². The minimum absolute atomic E-state index is 0.0694. The highest BCUT2D eigenvalue weighted by Gasteiger charge is 2.27. The molecule has 0 fully saturated rings. The van der Waals surface area contributed by atoms with Crippen molar-refractivity contribution in [3.63, 3.8) is 0 Å². The zero-order chi connectivity index (χ0) is 37.6. The highest BCUT2D eigenvalue weighted by molar-refractivity contribution is 7.80. The molecule has 0 radical (unpaired) electrons. The number of pyridine rings is 1. The lowest BCUT2D eigenvalue weighted by Gasteiger charge is -2.24. The average Bonchev–Trinajstić information content (AvgIpc) is 3.49. The van der Waals surface area contributed by atoms with Gasteiger partial charge in [-0.25, -0.2) is 31.7 Å². The minimum Gasteiger partial charge on any atom is -0.459 e. The van der Waals surface area contributed by atoms with Crippen LogP contribution in [0.1, 0.15) is 58.5 Å². The van der Waals surface area contributed by atoms with Gasteiger partial charge in [0, 0.05) is 46.2 Å². The first-order valence-electron chi connectivity index (χ1n) is 15.8. The normalized spacial score (nSPS) is 12.6. The second-order valence-corrected chi connectivity index (χ2v) is 14.9. The maximum atomic E-state index is 15.2. The lowest BCUT2D eigenvalue weighted by atomic mass is 10.0. The number of aryl methyl sites for hydroxylation is 1. The smallest absolute Gasteiger partial charge is 0.420 e. The van der Waals surface area contributed by atoms with E-state index in [1.54, 1.807) is 72.3 Å². The van der Waals surface area contributed by atoms with Gasteiger partial charge in [0.25, 0.3) is 11.3 Å². The molecule has 5 rings (SSSR count). The van der Waals surface area contributed by atoms with Gasteiger partial charge in [-0.3, -0.25) is 18.3 Å². The SMILES string of the molecule is Cc1nn(Cc2cc(F)cc(F)c2)c(C)c1-c1cn(C(=O)OC(C)(C)C)c2ncc(-c3ccc(F)c(N(CC(=O)OC(C)(C)C)S(=O)O)c3)cc12. The molecule has 11 nitrogen and oxygen atoms in total. The minimum atomic E-state index is -2.79. The Labute approximate surface area is 295 Å². The van der Waals surface area contributed by atoms with E-state index in [0.29, 0.717) is 48.9 Å². The standard InChI is InChI=1S/C36H38F3N5O6S/c1-20-32(21(2)43(41-20)17-22-11-25(37)15-26(38)12-22)28-18-42(34(46)50-36(6,7)8)33-27(28)13-24(16-40-33)23-9-10-29(39)30(14-23)44(51(47)48)19-31(45)49-35(3,4)5/h9-16,18H,17,19H2,1-8H3,(H,47,48). The van der Waals surface area contributed by atoms with E-state index in [1.807, 2.05) is 0 Å². The fourth-order valence-electron chi connectivity index (χ4n) is 5.63. The van der Waals surface area contributed by atoms with E-state index in [-0.39, 0.29) is 17.9 Å². The second-order valence-electron chi connectivity index (χ2n) is 14.0. The monoisotopic (exact) mass is 725 g/mol. The Kier molecular flexibility index (Phi) is 10.2. The molecule has 2 aromatic carbocycles. The van der Waals surface area contributed by atoms with E-state index < -0.39 is 58.5 Å². The van der Waals surface area contributed by atoms with Gasteiger partial charge < -0.3 is 9.47 Å². The summed E-state index contributed by atoms with van der Waals surface area (Å²) < 4.78 is 80.0. The number of carbonyl (C=O) groups is 2. The number of carbonyl (C=O) groups excluding carboxylic acids is 2. The van der Waals surface area contributed by atoms with Crippen molar-refractivity contribution in [2.45, 2.75) is 73.1 Å². The van der Waals surface area contributed by atoms with Crippen LogP contribution in [-0.4, -0.2) is 57.9 Å². The van der Waals surface area contributed by atoms with Crippen molar-refractivity contribution in [3.8, 4) is 22.3 Å². The van der Waals surface area contributed by atoms with Crippen molar-refractivity contribution < 1.29 is 41.0 Å². The molecule has 0 spiro atoms. The maximum absolute atomic E-state index is 15.2. The number of aromatic nitrogens is 4. The van der Waals surface area contributed by atoms with Crippen LogP contribution in [0.15, 0.2) is 54.9 Å². The number of fused-ring (bicyclic) bond motifs is 1. The quantitative estimate of drug-likeness (QED) is 0.127. The van der Waals surface area contributed by atoms with Gasteiger partial charge in [-0.15, -0.1) is 0 Å². The number of nitrogens with zero attached hydrogens (tertiary/aromatic N) is 5. The molecule has 0 aliphatic carbocycles. The van der Waals surface area contributed by atoms with Gasteiger partial charge >= 0.3 is 12.1 Å². The molecule has 0 saturated carbocycles. The van der Waals surface area contributed by atoms with E-state index in [9.17, 15) is 27.1 Å². The number of esters is 1. The highest BCUT2D eigenvalue weighted by atomic mass is 32.2. The number of ether oxygens (including phenoxy) is 2. The Bertz CT molecular complexity index is 2160. The zero-order valence-electron chi connectivity index (χ0n) is 29.4. The zero-order valence-corrected chi connectivity index (χ0v) is 30.2. The molecule has 0 aliphatic heterocycles. The molecule has 51 heavy (non-hydrogen) atoms. The number of rotatable bonds is 8. The van der Waals surface area contributed by atoms with E-state index in [1.165, 1.54) is 35.0 Å². The molecule has 0 saturated heterocycles. The number of benzene rings is 2. The first-order valence-corrected chi connectivity index (χ1v) is 16.9. The number of halogens is 3. The Morgan fingerprint density at radius 2 is 1.57 bits per heavy atom. The lowest BCUT2D eigenvalue weighted by molar-refractivity contribution is -0.152. The van der Waals surface area contributed by atoms with E-state index in [2.05, 4.69) is 10.1 Å². The molecule has 1 N–H and O–H groups in total. The highest BCUT2D eigenvalue weighted by Crippen LogP contribution is 2.37. The Hall–Kier alpha value is -5.02. The fraction of sp³-hybridized carbons (Fsp3) is 0.333. The van der Waals surface area contributed by atoms with Gasteiger partial charge in [0.2, 0.25) is 0 Å². The van der Waals surface area contributed by atoms with Crippen molar-refractivity contribution in [2.75, 3.05) is 10.8 Å². The van der Waals surface area contributed by atoms with Gasteiger partial charge in [0.1, 0.15) is 40.8 Å². The molecule has 1 unspecified atom stereocenters. The van der Waals surface area contributed by atoms with Crippen molar-refractivity contribution in [1.82, 2.24) is 19.3 Å². The molecule has 0 bridgehead atoms. The number of hydrogen-bond acceptors (Lipinski definition) is 7. The second kappa shape index (κ2) is 13.9. The Balaban J connectivity index is 1.64. The lowest BCUT2D eigenvalue weighted by Crippen LogP contribution is -2.36. The van der Waals surface area contributed by atoms with E-state index >= 15 is 4.39 Å². The van der Waals surface area contributed by atoms with Crippen molar-refractivity contribution >= 4 is 40.0 Å². The number of anilines is 1. The first kappa shape index (κ1) is 37.2. The third-order valence-corrected chi connectivity index (χ3v) is 8.27. The molecule has 0 amide bonds. The molecule has 15 heteroatoms. The molecule has 3 heterocycles. The van der Waals surface area contributed by atoms with Crippen LogP contribution in [0.25, 0.3) is 33.3 Å². The van der Waals surface area contributed by atoms with Gasteiger partial charge in [-0.2, -0.15) is 5.10 Å². The Morgan fingerprint density at radius 1 is 0.922 bits per heavy atom. The van der Waals surface area contributed by atoms with E-state index in [0.717, 1.165) is 12.1 Å². The first-order chi connectivity index (χ1) is 23.7. The van der Waals surface area contributed by atoms with Crippen LogP contribution in [0.4, 0.5) is 23.7 Å². The molecular formula is C36H38F3N5O6S. The molecule has 3 aromatic heterocycles. The molecule has 270 valence electrons. The summed E-state index contributed by atoms with van der Waals surface area (Å²) in [4.78, 5) is 30.6. The van der Waals surface area contributed by atoms with Crippen molar-refractivity contribution in [1.29, 1.82) is 0 Å². The van der Waals surface area contributed by atoms with Crippen LogP contribution in [-0.2, 0) is 32.1 Å². The predicted octanol–water partition coefficient (Wildman–Crippen LogP) is 7.72. The van der Waals surface area contributed by atoms with Gasteiger partial charge in [0.15, 0.2) is 0 Å². The van der Waals surface area contributed by atoms with Gasteiger partial charge in [-0.1, -0.05) is 6.07 Å². The summed E-state index contributed by atoms with van der Waals surface area (Å²) in [6.45, 7) is 13.0. The summed E-state index contributed by atoms with van der Waals surface area (Å²) in [6, 6.07) is 8.83. The van der Waals surface area contributed by atoms with Gasteiger partial charge in [0.05, 0.1) is 17.9 Å². The molecule has 1 atom stereocenters. The van der Waals surface area contributed by atoms with Crippen LogP contribution >= 0.6 is 0 Å². The summed E-state index contributed by atoms with van der Waals surface area (Å²) >= 11 is -2.79. The van der Waals surface area contributed by atoms with Crippen LogP contribution in [0.2, 0.25) is 0 Å². The maximum Gasteiger partial charge on any atom is 0.420 e. The van der Waals surface area contributed by atoms with Crippen molar-refractivity contribution in [2.24, 2.45) is 0 Å². The topological polar surface area (TPSA) is 129 Å². The summed E-state index contributed by atoms with van der Waals surface area (Å²) in [7, 11) is 0. The Morgan fingerprint density at radius 3 is 2.18 bits per heavy atom. The molecular weight excluding hydrogens is 687 g/mol. The average molecular weight is 726 g/mol. The van der Waals surface area contributed by atoms with Crippen LogP contribution < -0.4 is 4.31 Å². The summed E-state index contributed by atoms with van der Waals surface area (Å²) in [5.41, 5.74) is 1.79. The summed E-state index contributed by atoms with van der Waals surface area (Å²) in [5.74, 6) is -3.12. The van der Waals surface area contributed by atoms with Crippen molar-refractivity contribution in [3.05, 3.63) is 89.3 Å². The summed E-state index contributed by atoms with van der Waals surface area (Å²) in [6.07, 6.45) is 2.34. The molecule has 0 aliphatic rings.